The van der Waals surface area contributed by atoms with Gasteiger partial charge in [-0.3, -0.25) is 14.3 Å². The Morgan fingerprint density at radius 1 is 1.05 bits per heavy atom. The molecule has 2 amide bonds. The topological polar surface area (TPSA) is 102 Å². The van der Waals surface area contributed by atoms with Crippen LogP contribution in [0.1, 0.15) is 69.6 Å². The number of amides is 2. The van der Waals surface area contributed by atoms with Gasteiger partial charge in [-0.1, -0.05) is 58.0 Å². The second-order valence-corrected chi connectivity index (χ2v) is 13.7. The molecule has 7 nitrogen and oxygen atoms in total. The first-order chi connectivity index (χ1) is 19.0. The van der Waals surface area contributed by atoms with Gasteiger partial charge in [0.15, 0.2) is 0 Å². The summed E-state index contributed by atoms with van der Waals surface area (Å²) in [6.45, 7) is 7.90. The van der Waals surface area contributed by atoms with E-state index in [1.807, 2.05) is 24.3 Å². The summed E-state index contributed by atoms with van der Waals surface area (Å²) in [4.78, 5) is 26.6. The van der Waals surface area contributed by atoms with Crippen LogP contribution in [-0.2, 0) is 25.0 Å². The van der Waals surface area contributed by atoms with Crippen LogP contribution >= 0.6 is 0 Å². The molecule has 0 bridgehead atoms. The molecule has 41 heavy (non-hydrogen) atoms. The standard InChI is InChI=1S/C30H35F3N2O5S/c1-18-16-25(18)41(38,39)35-28(37)26-23(19-6-10-21(11-7-19)29(2,3)4)17-24(34-27(26)36)20-8-12-22(13-9-20)40-15-5-14-30(31,32)33/h6-13,17-18,23,25-26H,5,14-16H2,1-4H3,(H,34,36)(H,35,37). The highest BCUT2D eigenvalue weighted by molar-refractivity contribution is 7.91. The summed E-state index contributed by atoms with van der Waals surface area (Å²) in [7, 11) is -3.90. The number of carbonyl (C=O) groups is 2. The summed E-state index contributed by atoms with van der Waals surface area (Å²) in [5.41, 5.74) is 2.63. The number of nitrogens with one attached hydrogen (secondary N) is 2. The zero-order valence-electron chi connectivity index (χ0n) is 23.4. The Bertz CT molecular complexity index is 1410. The van der Waals surface area contributed by atoms with E-state index in [0.29, 0.717) is 29.0 Å². The van der Waals surface area contributed by atoms with Crippen molar-refractivity contribution >= 4 is 27.5 Å². The third kappa shape index (κ3) is 7.69. The Hall–Kier alpha value is -3.34. The van der Waals surface area contributed by atoms with Crippen LogP contribution in [-0.4, -0.2) is 38.3 Å². The third-order valence-corrected chi connectivity index (χ3v) is 9.35. The van der Waals surface area contributed by atoms with Crippen molar-refractivity contribution in [2.45, 2.75) is 69.7 Å². The van der Waals surface area contributed by atoms with Crippen molar-refractivity contribution in [1.29, 1.82) is 0 Å². The number of halogens is 3. The number of hydrogen-bond acceptors (Lipinski definition) is 5. The molecular formula is C30H35F3N2O5S. The summed E-state index contributed by atoms with van der Waals surface area (Å²) in [5, 5.41) is 2.08. The highest BCUT2D eigenvalue weighted by Crippen LogP contribution is 2.38. The molecule has 2 aromatic rings. The number of alkyl halides is 3. The molecule has 0 spiro atoms. The number of ether oxygens (including phenoxy) is 1. The van der Waals surface area contributed by atoms with E-state index in [-0.39, 0.29) is 24.4 Å². The van der Waals surface area contributed by atoms with E-state index < -0.39 is 51.5 Å². The minimum absolute atomic E-state index is 0.0516. The fraction of sp³-hybridized carbons (Fsp3) is 0.467. The summed E-state index contributed by atoms with van der Waals surface area (Å²) >= 11 is 0. The smallest absolute Gasteiger partial charge is 0.389 e. The van der Waals surface area contributed by atoms with Crippen molar-refractivity contribution < 1.29 is 35.9 Å². The normalized spacial score (nSPS) is 22.9. The number of carbonyl (C=O) groups excluding carboxylic acids is 2. The van der Waals surface area contributed by atoms with Gasteiger partial charge < -0.3 is 10.1 Å². The molecule has 222 valence electrons. The van der Waals surface area contributed by atoms with Gasteiger partial charge in [0.05, 0.1) is 11.9 Å². The first-order valence-electron chi connectivity index (χ1n) is 13.5. The van der Waals surface area contributed by atoms with Crippen molar-refractivity contribution in [3.8, 4) is 5.75 Å². The Kier molecular flexibility index (Phi) is 8.59. The van der Waals surface area contributed by atoms with Crippen molar-refractivity contribution in [3.05, 3.63) is 71.3 Å². The number of benzene rings is 2. The molecule has 11 heteroatoms. The summed E-state index contributed by atoms with van der Waals surface area (Å²) < 4.78 is 70.0. The molecule has 1 heterocycles. The van der Waals surface area contributed by atoms with Crippen LogP contribution in [0.3, 0.4) is 0 Å². The molecule has 0 aromatic heterocycles. The molecular weight excluding hydrogens is 557 g/mol. The highest BCUT2D eigenvalue weighted by Gasteiger charge is 2.47. The van der Waals surface area contributed by atoms with Crippen LogP contribution in [0.15, 0.2) is 54.6 Å². The molecule has 1 aliphatic heterocycles. The molecule has 1 saturated carbocycles. The Morgan fingerprint density at radius 2 is 1.66 bits per heavy atom. The second kappa shape index (κ2) is 11.5. The van der Waals surface area contributed by atoms with Gasteiger partial charge in [0.1, 0.15) is 11.7 Å². The monoisotopic (exact) mass is 592 g/mol. The van der Waals surface area contributed by atoms with E-state index in [2.05, 4.69) is 30.8 Å². The summed E-state index contributed by atoms with van der Waals surface area (Å²) in [6, 6.07) is 14.0. The largest absolute Gasteiger partial charge is 0.494 e. The molecule has 1 fully saturated rings. The van der Waals surface area contributed by atoms with E-state index in [1.165, 1.54) is 0 Å². The zero-order valence-corrected chi connectivity index (χ0v) is 24.2. The fourth-order valence-corrected chi connectivity index (χ4v) is 6.56. The van der Waals surface area contributed by atoms with Crippen molar-refractivity contribution in [3.63, 3.8) is 0 Å². The van der Waals surface area contributed by atoms with Gasteiger partial charge in [-0.25, -0.2) is 8.42 Å². The van der Waals surface area contributed by atoms with Crippen LogP contribution in [0.25, 0.3) is 5.70 Å². The van der Waals surface area contributed by atoms with E-state index >= 15 is 0 Å². The van der Waals surface area contributed by atoms with Gasteiger partial charge in [0.2, 0.25) is 21.8 Å². The number of rotatable bonds is 9. The lowest BCUT2D eigenvalue weighted by Crippen LogP contribution is -2.48. The first kappa shape index (κ1) is 30.6. The Morgan fingerprint density at radius 3 is 2.20 bits per heavy atom. The van der Waals surface area contributed by atoms with Gasteiger partial charge in [0, 0.05) is 18.0 Å². The van der Waals surface area contributed by atoms with Gasteiger partial charge in [-0.15, -0.1) is 0 Å². The average Bonchev–Trinajstić information content (AvgIpc) is 3.63. The van der Waals surface area contributed by atoms with E-state index in [0.717, 1.165) is 5.56 Å². The lowest BCUT2D eigenvalue weighted by molar-refractivity contribution is -0.137. The number of hydrogen-bond donors (Lipinski definition) is 2. The van der Waals surface area contributed by atoms with Gasteiger partial charge in [0.25, 0.3) is 0 Å². The van der Waals surface area contributed by atoms with E-state index in [9.17, 15) is 31.2 Å². The average molecular weight is 593 g/mol. The lowest BCUT2D eigenvalue weighted by atomic mass is 9.79. The Balaban J connectivity index is 1.59. The maximum absolute atomic E-state index is 13.4. The minimum atomic E-state index is -4.24. The third-order valence-electron chi connectivity index (χ3n) is 7.41. The quantitative estimate of drug-likeness (QED) is 0.299. The highest BCUT2D eigenvalue weighted by atomic mass is 32.2. The predicted molar refractivity (Wildman–Crippen MR) is 149 cm³/mol. The maximum atomic E-state index is 13.4. The molecule has 0 radical (unpaired) electrons. The molecule has 0 saturated heterocycles. The van der Waals surface area contributed by atoms with Crippen LogP contribution in [0.5, 0.6) is 5.75 Å². The van der Waals surface area contributed by atoms with Crippen molar-refractivity contribution in [2.24, 2.45) is 11.8 Å². The Labute approximate surface area is 238 Å². The predicted octanol–water partition coefficient (Wildman–Crippen LogP) is 5.43. The molecule has 2 aromatic carbocycles. The molecule has 1 aliphatic carbocycles. The molecule has 2 aliphatic rings. The van der Waals surface area contributed by atoms with Crippen molar-refractivity contribution in [1.82, 2.24) is 10.0 Å². The van der Waals surface area contributed by atoms with Crippen LogP contribution < -0.4 is 14.8 Å². The van der Waals surface area contributed by atoms with Crippen molar-refractivity contribution in [2.75, 3.05) is 6.61 Å². The summed E-state index contributed by atoms with van der Waals surface area (Å²) in [6.07, 6.45) is -3.15. The number of allylic oxidation sites excluding steroid dienone is 1. The first-order valence-corrected chi connectivity index (χ1v) is 15.1. The SMILES string of the molecule is CC1CC1S(=O)(=O)NC(=O)C1C(=O)NC(c2ccc(OCCCC(F)(F)F)cc2)=CC1c1ccc(C(C)(C)C)cc1. The lowest BCUT2D eigenvalue weighted by Gasteiger charge is -2.30. The van der Waals surface area contributed by atoms with Gasteiger partial charge in [-0.2, -0.15) is 13.2 Å². The van der Waals surface area contributed by atoms with Gasteiger partial charge >= 0.3 is 6.18 Å². The van der Waals surface area contributed by atoms with E-state index in [4.69, 9.17) is 4.74 Å². The fourth-order valence-electron chi connectivity index (χ4n) is 4.83. The number of sulfonamides is 1. The van der Waals surface area contributed by atoms with Crippen LogP contribution in [0, 0.1) is 11.8 Å². The molecule has 4 unspecified atom stereocenters. The minimum Gasteiger partial charge on any atom is -0.494 e. The van der Waals surface area contributed by atoms with Crippen LogP contribution in [0.4, 0.5) is 13.2 Å². The zero-order chi connectivity index (χ0) is 30.2. The molecule has 4 rings (SSSR count). The summed E-state index contributed by atoms with van der Waals surface area (Å²) in [5.74, 6) is -3.27. The molecule has 2 N–H and O–H groups in total. The maximum Gasteiger partial charge on any atom is 0.389 e. The second-order valence-electron chi connectivity index (χ2n) is 11.8. The van der Waals surface area contributed by atoms with Crippen LogP contribution in [0.2, 0.25) is 0 Å². The van der Waals surface area contributed by atoms with Gasteiger partial charge in [-0.05, 0) is 65.1 Å². The molecule has 4 atom stereocenters. The van der Waals surface area contributed by atoms with E-state index in [1.54, 1.807) is 37.3 Å².